The number of benzene rings is 2. The lowest BCUT2D eigenvalue weighted by Gasteiger charge is -2.12. The van der Waals surface area contributed by atoms with Crippen molar-refractivity contribution in [1.29, 1.82) is 0 Å². The van der Waals surface area contributed by atoms with Crippen LogP contribution in [0.25, 0.3) is 6.08 Å². The van der Waals surface area contributed by atoms with Crippen LogP contribution in [0.2, 0.25) is 0 Å². The molecule has 172 valence electrons. The molecule has 0 saturated carbocycles. The number of rotatable bonds is 9. The maximum absolute atomic E-state index is 12.7. The van der Waals surface area contributed by atoms with E-state index < -0.39 is 35.0 Å². The van der Waals surface area contributed by atoms with Crippen LogP contribution in [0.15, 0.2) is 47.4 Å². The summed E-state index contributed by atoms with van der Waals surface area (Å²) in [6, 6.07) is 8.84. The van der Waals surface area contributed by atoms with Crippen molar-refractivity contribution in [3.8, 4) is 11.5 Å². The fourth-order valence-electron chi connectivity index (χ4n) is 2.87. The number of hydrogen-bond donors (Lipinski definition) is 0. The normalized spacial score (nSPS) is 14.8. The van der Waals surface area contributed by atoms with Gasteiger partial charge in [-0.3, -0.25) is 29.4 Å². The molecule has 2 aromatic rings. The number of thioether (sulfide) groups is 1. The number of non-ortho nitro benzene ring substituents is 1. The van der Waals surface area contributed by atoms with Crippen LogP contribution in [0.5, 0.6) is 11.5 Å². The minimum Gasteiger partial charge on any atom is -0.490 e. The van der Waals surface area contributed by atoms with Gasteiger partial charge in [0.05, 0.1) is 23.0 Å². The number of carbonyl (C=O) groups is 3. The summed E-state index contributed by atoms with van der Waals surface area (Å²) in [5.41, 5.74) is 0.309. The van der Waals surface area contributed by atoms with Crippen molar-refractivity contribution < 1.29 is 37.6 Å². The first-order chi connectivity index (χ1) is 15.7. The Morgan fingerprint density at radius 3 is 2.48 bits per heavy atom. The van der Waals surface area contributed by atoms with Crippen LogP contribution in [0.3, 0.4) is 0 Å². The van der Waals surface area contributed by atoms with Gasteiger partial charge in [0.1, 0.15) is 0 Å². The molecular weight excluding hydrogens is 462 g/mol. The van der Waals surface area contributed by atoms with E-state index in [-0.39, 0.29) is 34.3 Å². The summed E-state index contributed by atoms with van der Waals surface area (Å²) < 4.78 is 34.8. The summed E-state index contributed by atoms with van der Waals surface area (Å²) in [5, 5.41) is 10.1. The van der Waals surface area contributed by atoms with E-state index in [4.69, 9.17) is 4.74 Å². The number of Topliss-reactive ketones (excluding diaryl/α,β-unsaturated/α-hetero) is 1. The average molecular weight is 478 g/mol. The molecule has 1 aliphatic heterocycles. The van der Waals surface area contributed by atoms with Crippen molar-refractivity contribution in [3.05, 3.63) is 68.6 Å². The molecule has 0 N–H and O–H groups in total. The molecular formula is C21H16F2N2O7S. The van der Waals surface area contributed by atoms with Crippen LogP contribution < -0.4 is 9.47 Å². The molecule has 3 rings (SSSR count). The SMILES string of the molecule is CCOc1cc(/C=C2\SC(=O)N(CC(=O)c3ccc([N+](=O)[O-])cc3)C2=O)ccc1OC(F)F. The van der Waals surface area contributed by atoms with Gasteiger partial charge in [0.15, 0.2) is 17.3 Å². The van der Waals surface area contributed by atoms with Gasteiger partial charge >= 0.3 is 6.61 Å². The smallest absolute Gasteiger partial charge is 0.387 e. The molecule has 0 unspecified atom stereocenters. The lowest BCUT2D eigenvalue weighted by molar-refractivity contribution is -0.384. The third-order valence-corrected chi connectivity index (χ3v) is 5.26. The van der Waals surface area contributed by atoms with E-state index in [1.165, 1.54) is 36.4 Å². The van der Waals surface area contributed by atoms with E-state index in [1.807, 2.05) is 0 Å². The van der Waals surface area contributed by atoms with Gasteiger partial charge in [-0.2, -0.15) is 8.78 Å². The Hall–Kier alpha value is -3.80. The lowest BCUT2D eigenvalue weighted by Crippen LogP contribution is -2.33. The van der Waals surface area contributed by atoms with Crippen LogP contribution in [-0.2, 0) is 4.79 Å². The maximum atomic E-state index is 12.7. The van der Waals surface area contributed by atoms with Crippen LogP contribution >= 0.6 is 11.8 Å². The topological polar surface area (TPSA) is 116 Å². The quantitative estimate of drug-likeness (QED) is 0.224. The van der Waals surface area contributed by atoms with Crippen molar-refractivity contribution in [1.82, 2.24) is 4.90 Å². The van der Waals surface area contributed by atoms with Crippen molar-refractivity contribution in [2.75, 3.05) is 13.2 Å². The molecule has 33 heavy (non-hydrogen) atoms. The molecule has 0 radical (unpaired) electrons. The first-order valence-electron chi connectivity index (χ1n) is 9.44. The highest BCUT2D eigenvalue weighted by molar-refractivity contribution is 8.18. The largest absolute Gasteiger partial charge is 0.490 e. The van der Waals surface area contributed by atoms with Gasteiger partial charge in [0.25, 0.3) is 16.8 Å². The van der Waals surface area contributed by atoms with Gasteiger partial charge in [-0.25, -0.2) is 0 Å². The Labute approximate surface area is 190 Å². The molecule has 1 fully saturated rings. The zero-order valence-electron chi connectivity index (χ0n) is 17.0. The van der Waals surface area contributed by atoms with Crippen molar-refractivity contribution in [2.24, 2.45) is 0 Å². The van der Waals surface area contributed by atoms with Crippen molar-refractivity contribution >= 4 is 40.5 Å². The van der Waals surface area contributed by atoms with E-state index in [0.29, 0.717) is 17.3 Å². The molecule has 0 aliphatic carbocycles. The Balaban J connectivity index is 1.77. The average Bonchev–Trinajstić information content (AvgIpc) is 3.02. The summed E-state index contributed by atoms with van der Waals surface area (Å²) in [7, 11) is 0. The predicted octanol–water partition coefficient (Wildman–Crippen LogP) is 4.51. The van der Waals surface area contributed by atoms with E-state index in [9.17, 15) is 33.3 Å². The number of imide groups is 1. The number of ketones is 1. The fourth-order valence-corrected chi connectivity index (χ4v) is 3.71. The van der Waals surface area contributed by atoms with E-state index in [0.717, 1.165) is 17.0 Å². The Bertz CT molecular complexity index is 1140. The Morgan fingerprint density at radius 1 is 1.18 bits per heavy atom. The molecule has 0 spiro atoms. The molecule has 0 aromatic heterocycles. The van der Waals surface area contributed by atoms with Gasteiger partial charge in [-0.1, -0.05) is 6.07 Å². The Kier molecular flexibility index (Phi) is 7.38. The first kappa shape index (κ1) is 23.9. The van der Waals surface area contributed by atoms with Crippen LogP contribution in [0.4, 0.5) is 19.3 Å². The molecule has 1 saturated heterocycles. The highest BCUT2D eigenvalue weighted by atomic mass is 32.2. The molecule has 9 nitrogen and oxygen atoms in total. The number of nitro groups is 1. The third-order valence-electron chi connectivity index (χ3n) is 4.36. The fraction of sp³-hybridized carbons (Fsp3) is 0.190. The number of ether oxygens (including phenoxy) is 2. The van der Waals surface area contributed by atoms with Crippen molar-refractivity contribution in [2.45, 2.75) is 13.5 Å². The highest BCUT2D eigenvalue weighted by Gasteiger charge is 2.36. The molecule has 1 aliphatic rings. The predicted molar refractivity (Wildman–Crippen MR) is 114 cm³/mol. The molecule has 2 aromatic carbocycles. The molecule has 1 heterocycles. The van der Waals surface area contributed by atoms with E-state index >= 15 is 0 Å². The molecule has 0 atom stereocenters. The lowest BCUT2D eigenvalue weighted by atomic mass is 10.1. The van der Waals surface area contributed by atoms with Crippen LogP contribution in [0, 0.1) is 10.1 Å². The zero-order valence-corrected chi connectivity index (χ0v) is 17.8. The number of amides is 2. The summed E-state index contributed by atoms with van der Waals surface area (Å²) in [4.78, 5) is 48.3. The van der Waals surface area contributed by atoms with Crippen molar-refractivity contribution in [3.63, 3.8) is 0 Å². The van der Waals surface area contributed by atoms with Gasteiger partial charge in [0, 0.05) is 17.7 Å². The number of alkyl halides is 2. The highest BCUT2D eigenvalue weighted by Crippen LogP contribution is 2.35. The number of hydrogen-bond acceptors (Lipinski definition) is 8. The first-order valence-corrected chi connectivity index (χ1v) is 10.3. The molecule has 0 bridgehead atoms. The third kappa shape index (κ3) is 5.71. The summed E-state index contributed by atoms with van der Waals surface area (Å²) >= 11 is 0.619. The second kappa shape index (κ2) is 10.2. The van der Waals surface area contributed by atoms with Gasteiger partial charge in [0.2, 0.25) is 0 Å². The molecule has 12 heteroatoms. The maximum Gasteiger partial charge on any atom is 0.387 e. The second-order valence-electron chi connectivity index (χ2n) is 6.51. The van der Waals surface area contributed by atoms with Gasteiger partial charge in [-0.15, -0.1) is 0 Å². The summed E-state index contributed by atoms with van der Waals surface area (Å²) in [6.07, 6.45) is 1.37. The number of carbonyl (C=O) groups excluding carboxylic acids is 3. The minimum absolute atomic E-state index is 0.0291. The van der Waals surface area contributed by atoms with Crippen LogP contribution in [0.1, 0.15) is 22.8 Å². The monoisotopic (exact) mass is 478 g/mol. The van der Waals surface area contributed by atoms with Gasteiger partial charge < -0.3 is 9.47 Å². The number of nitrogens with zero attached hydrogens (tertiary/aromatic N) is 2. The standard InChI is InChI=1S/C21H16F2N2O7S/c1-2-31-17-9-12(3-8-16(17)32-20(22)23)10-18-19(27)24(21(28)33-18)11-15(26)13-4-6-14(7-5-13)25(29)30/h3-10,20H,2,11H2,1H3/b18-10-. The zero-order chi connectivity index (χ0) is 24.1. The van der Waals surface area contributed by atoms with E-state index in [1.54, 1.807) is 6.92 Å². The number of halogens is 2. The van der Waals surface area contributed by atoms with Gasteiger partial charge in [-0.05, 0) is 54.6 Å². The van der Waals surface area contributed by atoms with E-state index in [2.05, 4.69) is 4.74 Å². The van der Waals surface area contributed by atoms with Crippen LogP contribution in [-0.4, -0.2) is 46.5 Å². The Morgan fingerprint density at radius 2 is 1.88 bits per heavy atom. The number of nitro benzene ring substituents is 1. The summed E-state index contributed by atoms with van der Waals surface area (Å²) in [5.74, 6) is -1.41. The second-order valence-corrected chi connectivity index (χ2v) is 7.51. The molecule has 2 amide bonds. The minimum atomic E-state index is -3.04. The summed E-state index contributed by atoms with van der Waals surface area (Å²) in [6.45, 7) is -1.73.